The van der Waals surface area contributed by atoms with Gasteiger partial charge in [-0.2, -0.15) is 16.8 Å². The second-order valence-electron chi connectivity index (χ2n) is 4.46. The molecule has 2 aromatic rings. The summed E-state index contributed by atoms with van der Waals surface area (Å²) in [5.74, 6) is 0. The molecule has 2 rings (SSSR count). The predicted octanol–water partition coefficient (Wildman–Crippen LogP) is 2.59. The summed E-state index contributed by atoms with van der Waals surface area (Å²) in [6.45, 7) is 6.74. The summed E-state index contributed by atoms with van der Waals surface area (Å²) in [4.78, 5) is 0. The van der Waals surface area contributed by atoms with Crippen molar-refractivity contribution in [1.29, 1.82) is 0 Å². The van der Waals surface area contributed by atoms with Gasteiger partial charge in [0.15, 0.2) is 0 Å². The fourth-order valence-corrected chi connectivity index (χ4v) is 3.82. The lowest BCUT2D eigenvalue weighted by Gasteiger charge is -2.23. The Kier molecular flexibility index (Phi) is 5.14. The lowest BCUT2D eigenvalue weighted by Crippen LogP contribution is -2.40. The molecule has 0 aliphatic rings. The van der Waals surface area contributed by atoms with Gasteiger partial charge in [0.05, 0.1) is 0 Å². The van der Waals surface area contributed by atoms with E-state index in [4.69, 9.17) is 0 Å². The van der Waals surface area contributed by atoms with Gasteiger partial charge in [-0.3, -0.25) is 9.11 Å². The van der Waals surface area contributed by atoms with Gasteiger partial charge in [-0.1, -0.05) is 36.4 Å². The Labute approximate surface area is 129 Å². The molecule has 0 unspecified atom stereocenters. The first-order valence-electron chi connectivity index (χ1n) is 6.01. The quantitative estimate of drug-likeness (QED) is 0.654. The summed E-state index contributed by atoms with van der Waals surface area (Å²) < 4.78 is 61.4. The molecule has 2 aromatic carbocycles. The van der Waals surface area contributed by atoms with Crippen molar-refractivity contribution in [3.8, 4) is 0 Å². The van der Waals surface area contributed by atoms with Crippen molar-refractivity contribution in [2.45, 2.75) is 11.0 Å². The van der Waals surface area contributed by atoms with Crippen LogP contribution in [0.25, 0.3) is 10.8 Å². The standard InChI is InChI=1S/C12H12O6S2.C2H4/c1-12(19(13,14)15,20(16,17)18)11-7-6-9-4-2-3-5-10(9)8-11;1-2/h2-8H,1H3,(H,13,14,15)(H,16,17,18);1-2H2. The fraction of sp³-hybridized carbons (Fsp3) is 0.143. The van der Waals surface area contributed by atoms with Crippen molar-refractivity contribution in [1.82, 2.24) is 0 Å². The van der Waals surface area contributed by atoms with Crippen molar-refractivity contribution >= 4 is 31.0 Å². The molecular weight excluding hydrogens is 328 g/mol. The molecule has 0 radical (unpaired) electrons. The van der Waals surface area contributed by atoms with Crippen LogP contribution >= 0.6 is 0 Å². The van der Waals surface area contributed by atoms with Gasteiger partial charge in [0.25, 0.3) is 20.2 Å². The number of benzene rings is 2. The average molecular weight is 344 g/mol. The molecule has 0 amide bonds. The normalized spacial score (nSPS) is 12.5. The smallest absolute Gasteiger partial charge is 0.284 e. The van der Waals surface area contributed by atoms with Crippen LogP contribution in [0.1, 0.15) is 12.5 Å². The van der Waals surface area contributed by atoms with E-state index in [0.29, 0.717) is 5.39 Å². The van der Waals surface area contributed by atoms with E-state index in [2.05, 4.69) is 13.2 Å². The van der Waals surface area contributed by atoms with Gasteiger partial charge < -0.3 is 0 Å². The van der Waals surface area contributed by atoms with Gasteiger partial charge in [-0.05, 0) is 29.3 Å². The molecule has 0 saturated carbocycles. The SMILES string of the molecule is C=C.CC(c1ccc2ccccc2c1)(S(=O)(=O)O)S(=O)(=O)O. The minimum atomic E-state index is -5.08. The second-order valence-corrected chi connectivity index (χ2v) is 8.25. The minimum absolute atomic E-state index is 0.235. The van der Waals surface area contributed by atoms with E-state index in [1.165, 1.54) is 18.2 Å². The lowest BCUT2D eigenvalue weighted by atomic mass is 10.1. The third-order valence-electron chi connectivity index (χ3n) is 3.26. The summed E-state index contributed by atoms with van der Waals surface area (Å²) in [7, 11) is -10.2. The Hall–Kier alpha value is -1.74. The molecule has 8 heteroatoms. The van der Waals surface area contributed by atoms with Crippen LogP contribution in [0.4, 0.5) is 0 Å². The van der Waals surface area contributed by atoms with Crippen LogP contribution in [-0.4, -0.2) is 25.9 Å². The van der Waals surface area contributed by atoms with Crippen molar-refractivity contribution in [2.24, 2.45) is 0 Å². The van der Waals surface area contributed by atoms with Crippen LogP contribution < -0.4 is 0 Å². The van der Waals surface area contributed by atoms with Gasteiger partial charge in [0, 0.05) is 0 Å². The number of hydrogen-bond donors (Lipinski definition) is 2. The highest BCUT2D eigenvalue weighted by atomic mass is 32.3. The lowest BCUT2D eigenvalue weighted by molar-refractivity contribution is 0.431. The van der Waals surface area contributed by atoms with Crippen molar-refractivity contribution < 1.29 is 25.9 Å². The molecule has 120 valence electrons. The first-order chi connectivity index (χ1) is 10.1. The van der Waals surface area contributed by atoms with E-state index >= 15 is 0 Å². The summed E-state index contributed by atoms with van der Waals surface area (Å²) in [6, 6.07) is 10.9. The number of rotatable bonds is 3. The molecule has 0 spiro atoms. The minimum Gasteiger partial charge on any atom is -0.284 e. The highest BCUT2D eigenvalue weighted by Crippen LogP contribution is 2.36. The molecule has 2 N–H and O–H groups in total. The summed E-state index contributed by atoms with van der Waals surface area (Å²) >= 11 is 0. The molecule has 0 saturated heterocycles. The Bertz CT molecular complexity index is 852. The maximum Gasteiger partial charge on any atom is 0.291 e. The van der Waals surface area contributed by atoms with E-state index in [0.717, 1.165) is 12.3 Å². The predicted molar refractivity (Wildman–Crippen MR) is 85.7 cm³/mol. The molecular formula is C14H16O6S2. The molecule has 0 heterocycles. The zero-order valence-corrected chi connectivity index (χ0v) is 13.4. The topological polar surface area (TPSA) is 109 Å². The van der Waals surface area contributed by atoms with E-state index in [1.54, 1.807) is 24.3 Å². The highest BCUT2D eigenvalue weighted by molar-refractivity contribution is 8.04. The molecule has 0 aromatic heterocycles. The van der Waals surface area contributed by atoms with Crippen LogP contribution in [0, 0.1) is 0 Å². The van der Waals surface area contributed by atoms with Crippen LogP contribution in [-0.2, 0) is 24.3 Å². The molecule has 0 aliphatic heterocycles. The second kappa shape index (κ2) is 6.17. The summed E-state index contributed by atoms with van der Waals surface area (Å²) in [5.41, 5.74) is -0.235. The number of hydrogen-bond acceptors (Lipinski definition) is 4. The molecule has 22 heavy (non-hydrogen) atoms. The highest BCUT2D eigenvalue weighted by Gasteiger charge is 2.51. The van der Waals surface area contributed by atoms with Crippen LogP contribution in [0.3, 0.4) is 0 Å². The molecule has 0 atom stereocenters. The van der Waals surface area contributed by atoms with Gasteiger partial charge in [-0.15, -0.1) is 13.2 Å². The molecule has 0 fully saturated rings. The fourth-order valence-electron chi connectivity index (χ4n) is 1.90. The van der Waals surface area contributed by atoms with Gasteiger partial charge in [0.1, 0.15) is 0 Å². The third-order valence-corrected chi connectivity index (χ3v) is 6.96. The van der Waals surface area contributed by atoms with E-state index < -0.39 is 24.3 Å². The van der Waals surface area contributed by atoms with Gasteiger partial charge in [-0.25, -0.2) is 0 Å². The first kappa shape index (κ1) is 18.3. The largest absolute Gasteiger partial charge is 0.291 e. The van der Waals surface area contributed by atoms with Gasteiger partial charge in [0.2, 0.25) is 4.08 Å². The zero-order valence-electron chi connectivity index (χ0n) is 11.8. The molecule has 0 bridgehead atoms. The number of fused-ring (bicyclic) bond motifs is 1. The van der Waals surface area contributed by atoms with Gasteiger partial charge >= 0.3 is 0 Å². The van der Waals surface area contributed by atoms with E-state index in [-0.39, 0.29) is 5.56 Å². The summed E-state index contributed by atoms with van der Waals surface area (Å²) in [6.07, 6.45) is 0. The Balaban J connectivity index is 0.00000116. The van der Waals surface area contributed by atoms with Crippen LogP contribution in [0.5, 0.6) is 0 Å². The monoisotopic (exact) mass is 344 g/mol. The summed E-state index contributed by atoms with van der Waals surface area (Å²) in [5, 5.41) is 1.35. The maximum absolute atomic E-state index is 11.5. The maximum atomic E-state index is 11.5. The van der Waals surface area contributed by atoms with Crippen molar-refractivity contribution in [3.63, 3.8) is 0 Å². The van der Waals surface area contributed by atoms with Crippen LogP contribution in [0.2, 0.25) is 0 Å². The molecule has 6 nitrogen and oxygen atoms in total. The van der Waals surface area contributed by atoms with E-state index in [9.17, 15) is 25.9 Å². The Morgan fingerprint density at radius 1 is 0.864 bits per heavy atom. The van der Waals surface area contributed by atoms with Crippen LogP contribution in [0.15, 0.2) is 55.6 Å². The van der Waals surface area contributed by atoms with Crippen molar-refractivity contribution in [3.05, 3.63) is 61.2 Å². The molecule has 0 aliphatic carbocycles. The Morgan fingerprint density at radius 3 is 1.77 bits per heavy atom. The first-order valence-corrected chi connectivity index (χ1v) is 8.89. The van der Waals surface area contributed by atoms with Crippen molar-refractivity contribution in [2.75, 3.05) is 0 Å². The third kappa shape index (κ3) is 3.05. The van der Waals surface area contributed by atoms with E-state index in [1.807, 2.05) is 0 Å². The average Bonchev–Trinajstić information content (AvgIpc) is 2.45. The zero-order chi connectivity index (χ0) is 17.2. The Morgan fingerprint density at radius 2 is 1.32 bits per heavy atom.